The third-order valence-electron chi connectivity index (χ3n) is 3.91. The monoisotopic (exact) mass is 246 g/mol. The van der Waals surface area contributed by atoms with Crippen LogP contribution in [0.1, 0.15) is 50.5 Å². The first-order valence-corrected chi connectivity index (χ1v) is 7.02. The second-order valence-electron chi connectivity index (χ2n) is 5.10. The lowest BCUT2D eigenvalue weighted by Crippen LogP contribution is -2.18. The molecule has 1 unspecified atom stereocenters. The van der Waals surface area contributed by atoms with Gasteiger partial charge < -0.3 is 4.74 Å². The van der Waals surface area contributed by atoms with Crippen LogP contribution in [0.3, 0.4) is 0 Å². The molecule has 2 heteroatoms. The Balaban J connectivity index is 2.05. The quantitative estimate of drug-likeness (QED) is 0.736. The Morgan fingerprint density at radius 3 is 2.56 bits per heavy atom. The normalized spacial score (nSPS) is 17.6. The molecule has 0 saturated heterocycles. The molecule has 2 rings (SSSR count). The van der Waals surface area contributed by atoms with E-state index in [2.05, 4.69) is 24.3 Å². The fraction of sp³-hybridized carbons (Fsp3) is 0.562. The summed E-state index contributed by atoms with van der Waals surface area (Å²) in [6.07, 6.45) is 5.63. The largest absolute Gasteiger partial charge is 0.465 e. The minimum Gasteiger partial charge on any atom is -0.465 e. The lowest BCUT2D eigenvalue weighted by molar-refractivity contribution is -0.144. The van der Waals surface area contributed by atoms with E-state index in [0.717, 1.165) is 0 Å². The van der Waals surface area contributed by atoms with Crippen LogP contribution >= 0.6 is 0 Å². The minimum atomic E-state index is -0.0890. The molecule has 0 aromatic heterocycles. The van der Waals surface area contributed by atoms with Crippen molar-refractivity contribution in [2.45, 2.75) is 44.9 Å². The molecule has 0 N–H and O–H groups in total. The van der Waals surface area contributed by atoms with Gasteiger partial charge in [-0.2, -0.15) is 0 Å². The van der Waals surface area contributed by atoms with E-state index in [1.165, 1.54) is 31.2 Å². The lowest BCUT2D eigenvalue weighted by Gasteiger charge is -2.23. The Hall–Kier alpha value is -1.31. The van der Waals surface area contributed by atoms with Gasteiger partial charge in [0.05, 0.1) is 6.61 Å². The van der Waals surface area contributed by atoms with Gasteiger partial charge in [-0.1, -0.05) is 50.1 Å². The summed E-state index contributed by atoms with van der Waals surface area (Å²) < 4.78 is 5.38. The lowest BCUT2D eigenvalue weighted by atomic mass is 9.85. The van der Waals surface area contributed by atoms with Gasteiger partial charge in [0.2, 0.25) is 0 Å². The standard InChI is InChI=1S/C16H22O2/c1-2-16(17)18-12-15(14-10-6-7-11-14)13-8-4-3-5-9-13/h3-5,8-9,14-15H,2,6-7,10-12H2,1H3. The molecule has 1 saturated carbocycles. The molecule has 0 radical (unpaired) electrons. The number of ether oxygens (including phenoxy) is 1. The molecule has 0 heterocycles. The highest BCUT2D eigenvalue weighted by Crippen LogP contribution is 2.37. The van der Waals surface area contributed by atoms with E-state index in [1.807, 2.05) is 13.0 Å². The number of esters is 1. The van der Waals surface area contributed by atoms with Crippen molar-refractivity contribution < 1.29 is 9.53 Å². The van der Waals surface area contributed by atoms with E-state index in [4.69, 9.17) is 4.74 Å². The van der Waals surface area contributed by atoms with Crippen molar-refractivity contribution in [2.24, 2.45) is 5.92 Å². The summed E-state index contributed by atoms with van der Waals surface area (Å²) in [5.41, 5.74) is 1.31. The van der Waals surface area contributed by atoms with Gasteiger partial charge in [-0.25, -0.2) is 0 Å². The van der Waals surface area contributed by atoms with Crippen LogP contribution in [0.2, 0.25) is 0 Å². The van der Waals surface area contributed by atoms with Gasteiger partial charge in [0, 0.05) is 12.3 Å². The second-order valence-corrected chi connectivity index (χ2v) is 5.10. The third-order valence-corrected chi connectivity index (χ3v) is 3.91. The highest BCUT2D eigenvalue weighted by Gasteiger charge is 2.27. The molecule has 1 aliphatic carbocycles. The van der Waals surface area contributed by atoms with E-state index < -0.39 is 0 Å². The zero-order valence-electron chi connectivity index (χ0n) is 11.1. The average Bonchev–Trinajstić information content (AvgIpc) is 2.94. The summed E-state index contributed by atoms with van der Waals surface area (Å²) in [6, 6.07) is 10.5. The number of carbonyl (C=O) groups excluding carboxylic acids is 1. The van der Waals surface area contributed by atoms with Crippen LogP contribution in [0.25, 0.3) is 0 Å². The van der Waals surface area contributed by atoms with Crippen LogP contribution in [0.4, 0.5) is 0 Å². The van der Waals surface area contributed by atoms with Crippen molar-refractivity contribution in [3.8, 4) is 0 Å². The van der Waals surface area contributed by atoms with Crippen LogP contribution in [0, 0.1) is 5.92 Å². The molecular formula is C16H22O2. The first kappa shape index (κ1) is 13.1. The Morgan fingerprint density at radius 1 is 1.28 bits per heavy atom. The zero-order chi connectivity index (χ0) is 12.8. The maximum atomic E-state index is 11.3. The van der Waals surface area contributed by atoms with Crippen molar-refractivity contribution in [3.63, 3.8) is 0 Å². The van der Waals surface area contributed by atoms with Crippen LogP contribution in [-0.4, -0.2) is 12.6 Å². The van der Waals surface area contributed by atoms with Crippen molar-refractivity contribution in [2.75, 3.05) is 6.61 Å². The molecular weight excluding hydrogens is 224 g/mol. The number of carbonyl (C=O) groups is 1. The summed E-state index contributed by atoms with van der Waals surface area (Å²) in [5.74, 6) is 0.968. The van der Waals surface area contributed by atoms with Crippen LogP contribution in [0.15, 0.2) is 30.3 Å². The van der Waals surface area contributed by atoms with Gasteiger partial charge >= 0.3 is 5.97 Å². The summed E-state index contributed by atoms with van der Waals surface area (Å²) in [6.45, 7) is 2.39. The molecule has 0 aliphatic heterocycles. The number of benzene rings is 1. The topological polar surface area (TPSA) is 26.3 Å². The molecule has 0 spiro atoms. The second kappa shape index (κ2) is 6.58. The smallest absolute Gasteiger partial charge is 0.305 e. The van der Waals surface area contributed by atoms with Gasteiger partial charge in [0.15, 0.2) is 0 Å². The Bertz CT molecular complexity index is 366. The number of hydrogen-bond donors (Lipinski definition) is 0. The van der Waals surface area contributed by atoms with Gasteiger partial charge in [-0.05, 0) is 24.3 Å². The highest BCUT2D eigenvalue weighted by atomic mass is 16.5. The minimum absolute atomic E-state index is 0.0890. The van der Waals surface area contributed by atoms with Crippen LogP contribution in [-0.2, 0) is 9.53 Å². The maximum absolute atomic E-state index is 11.3. The summed E-state index contributed by atoms with van der Waals surface area (Å²) in [5, 5.41) is 0. The molecule has 1 atom stereocenters. The van der Waals surface area contributed by atoms with Crippen molar-refractivity contribution in [3.05, 3.63) is 35.9 Å². The Labute approximate surface area is 109 Å². The molecule has 0 amide bonds. The van der Waals surface area contributed by atoms with Crippen molar-refractivity contribution in [1.29, 1.82) is 0 Å². The molecule has 1 aromatic rings. The first-order chi connectivity index (χ1) is 8.81. The number of hydrogen-bond acceptors (Lipinski definition) is 2. The Kier molecular flexibility index (Phi) is 4.80. The molecule has 1 aliphatic rings. The van der Waals surface area contributed by atoms with Gasteiger partial charge in [0.25, 0.3) is 0 Å². The molecule has 1 aromatic carbocycles. The van der Waals surface area contributed by atoms with Crippen molar-refractivity contribution >= 4 is 5.97 Å². The van der Waals surface area contributed by atoms with Gasteiger partial charge in [-0.15, -0.1) is 0 Å². The van der Waals surface area contributed by atoms with E-state index in [0.29, 0.717) is 24.9 Å². The molecule has 0 bridgehead atoms. The number of rotatable bonds is 5. The fourth-order valence-electron chi connectivity index (χ4n) is 2.85. The van der Waals surface area contributed by atoms with E-state index >= 15 is 0 Å². The molecule has 98 valence electrons. The van der Waals surface area contributed by atoms with Gasteiger partial charge in [0.1, 0.15) is 0 Å². The molecule has 18 heavy (non-hydrogen) atoms. The average molecular weight is 246 g/mol. The highest BCUT2D eigenvalue weighted by molar-refractivity contribution is 5.68. The van der Waals surface area contributed by atoms with Crippen LogP contribution < -0.4 is 0 Å². The summed E-state index contributed by atoms with van der Waals surface area (Å²) in [4.78, 5) is 11.3. The maximum Gasteiger partial charge on any atom is 0.305 e. The third kappa shape index (κ3) is 3.34. The predicted molar refractivity (Wildman–Crippen MR) is 72.4 cm³/mol. The molecule has 1 fully saturated rings. The Morgan fingerprint density at radius 2 is 1.94 bits per heavy atom. The van der Waals surface area contributed by atoms with Gasteiger partial charge in [-0.3, -0.25) is 4.79 Å². The first-order valence-electron chi connectivity index (χ1n) is 7.02. The van der Waals surface area contributed by atoms with Crippen molar-refractivity contribution in [1.82, 2.24) is 0 Å². The SMILES string of the molecule is CCC(=O)OCC(c1ccccc1)C1CCCC1. The summed E-state index contributed by atoms with van der Waals surface area (Å²) >= 11 is 0. The molecule has 2 nitrogen and oxygen atoms in total. The van der Waals surface area contributed by atoms with E-state index in [-0.39, 0.29) is 5.97 Å². The van der Waals surface area contributed by atoms with Crippen LogP contribution in [0.5, 0.6) is 0 Å². The van der Waals surface area contributed by atoms with E-state index in [1.54, 1.807) is 0 Å². The zero-order valence-corrected chi connectivity index (χ0v) is 11.1. The predicted octanol–water partition coefficient (Wildman–Crippen LogP) is 3.91. The summed E-state index contributed by atoms with van der Waals surface area (Å²) in [7, 11) is 0. The van der Waals surface area contributed by atoms with E-state index in [9.17, 15) is 4.79 Å². The fourth-order valence-corrected chi connectivity index (χ4v) is 2.85.